The Labute approximate surface area is 170 Å². The number of nitrogens with one attached hydrogen (secondary N) is 3. The summed E-state index contributed by atoms with van der Waals surface area (Å²) in [5.74, 6) is -2.23. The molecule has 1 atom stereocenters. The molecule has 0 spiro atoms. The minimum Gasteiger partial charge on any atom is -0.322 e. The molecule has 0 radical (unpaired) electrons. The lowest BCUT2D eigenvalue weighted by Crippen LogP contribution is -2.39. The quantitative estimate of drug-likeness (QED) is 0.541. The average Bonchev–Trinajstić information content (AvgIpc) is 2.69. The van der Waals surface area contributed by atoms with Crippen molar-refractivity contribution in [2.45, 2.75) is 6.04 Å². The summed E-state index contributed by atoms with van der Waals surface area (Å²) in [6.45, 7) is 0. The SMILES string of the molecule is O=C(Nc1cccc(Cl)c1)N[C@@H](C(=O)Nc1cc(F)ccc1F)c1ccccc1. The van der Waals surface area contributed by atoms with Crippen molar-refractivity contribution in [1.82, 2.24) is 5.32 Å². The fourth-order valence-corrected chi connectivity index (χ4v) is 2.80. The molecule has 3 N–H and O–H groups in total. The summed E-state index contributed by atoms with van der Waals surface area (Å²) < 4.78 is 27.3. The highest BCUT2D eigenvalue weighted by Crippen LogP contribution is 2.20. The fourth-order valence-electron chi connectivity index (χ4n) is 2.61. The van der Waals surface area contributed by atoms with Crippen LogP contribution < -0.4 is 16.0 Å². The summed E-state index contributed by atoms with van der Waals surface area (Å²) in [5.41, 5.74) is 0.564. The minimum absolute atomic E-state index is 0.326. The second-order valence-corrected chi connectivity index (χ2v) is 6.50. The van der Waals surface area contributed by atoms with Crippen molar-refractivity contribution in [1.29, 1.82) is 0 Å². The van der Waals surface area contributed by atoms with E-state index in [0.29, 0.717) is 16.3 Å². The van der Waals surface area contributed by atoms with Gasteiger partial charge < -0.3 is 16.0 Å². The highest BCUT2D eigenvalue weighted by molar-refractivity contribution is 6.30. The van der Waals surface area contributed by atoms with Crippen LogP contribution in [0.1, 0.15) is 11.6 Å². The number of urea groups is 1. The van der Waals surface area contributed by atoms with Crippen LogP contribution in [-0.4, -0.2) is 11.9 Å². The molecule has 0 saturated heterocycles. The van der Waals surface area contributed by atoms with Gasteiger partial charge in [0.05, 0.1) is 5.69 Å². The van der Waals surface area contributed by atoms with Gasteiger partial charge in [-0.05, 0) is 35.9 Å². The molecule has 0 fully saturated rings. The molecule has 3 rings (SSSR count). The summed E-state index contributed by atoms with van der Waals surface area (Å²) in [4.78, 5) is 25.2. The molecule has 0 saturated carbocycles. The average molecular weight is 416 g/mol. The van der Waals surface area contributed by atoms with E-state index in [4.69, 9.17) is 11.6 Å². The van der Waals surface area contributed by atoms with Crippen LogP contribution in [0.3, 0.4) is 0 Å². The molecule has 0 bridgehead atoms. The van der Waals surface area contributed by atoms with Crippen LogP contribution in [0, 0.1) is 11.6 Å². The lowest BCUT2D eigenvalue weighted by atomic mass is 10.1. The summed E-state index contributed by atoms with van der Waals surface area (Å²) in [5, 5.41) is 7.85. The summed E-state index contributed by atoms with van der Waals surface area (Å²) >= 11 is 5.90. The molecule has 8 heteroatoms. The fraction of sp³-hybridized carbons (Fsp3) is 0.0476. The first kappa shape index (κ1) is 20.3. The van der Waals surface area contributed by atoms with Crippen molar-refractivity contribution in [2.75, 3.05) is 10.6 Å². The van der Waals surface area contributed by atoms with Gasteiger partial charge in [-0.1, -0.05) is 48.0 Å². The Morgan fingerprint density at radius 1 is 0.862 bits per heavy atom. The largest absolute Gasteiger partial charge is 0.322 e. The van der Waals surface area contributed by atoms with Gasteiger partial charge in [0, 0.05) is 16.8 Å². The van der Waals surface area contributed by atoms with Gasteiger partial charge >= 0.3 is 6.03 Å². The van der Waals surface area contributed by atoms with Crippen molar-refractivity contribution >= 4 is 34.9 Å². The van der Waals surface area contributed by atoms with Crippen molar-refractivity contribution in [3.05, 3.63) is 95.0 Å². The van der Waals surface area contributed by atoms with E-state index in [9.17, 15) is 18.4 Å². The Morgan fingerprint density at radius 2 is 1.62 bits per heavy atom. The monoisotopic (exact) mass is 415 g/mol. The van der Waals surface area contributed by atoms with E-state index in [-0.39, 0.29) is 5.69 Å². The summed E-state index contributed by atoms with van der Waals surface area (Å²) in [6.07, 6.45) is 0. The predicted octanol–water partition coefficient (Wildman–Crippen LogP) is 5.12. The molecule has 0 aliphatic heterocycles. The van der Waals surface area contributed by atoms with Gasteiger partial charge in [-0.2, -0.15) is 0 Å². The maximum absolute atomic E-state index is 13.9. The zero-order chi connectivity index (χ0) is 20.8. The number of anilines is 2. The molecule has 0 aliphatic rings. The normalized spacial score (nSPS) is 11.4. The van der Waals surface area contributed by atoms with Crippen molar-refractivity contribution in [3.8, 4) is 0 Å². The number of carbonyl (C=O) groups is 2. The molecule has 0 unspecified atom stereocenters. The third-order valence-corrected chi connectivity index (χ3v) is 4.17. The van der Waals surface area contributed by atoms with Gasteiger partial charge in [0.1, 0.15) is 17.7 Å². The summed E-state index contributed by atoms with van der Waals surface area (Å²) in [7, 11) is 0. The molecule has 3 aromatic carbocycles. The Bertz CT molecular complexity index is 1030. The smallest absolute Gasteiger partial charge is 0.320 e. The van der Waals surface area contributed by atoms with Crippen molar-refractivity contribution < 1.29 is 18.4 Å². The number of benzene rings is 3. The number of halogens is 3. The first-order valence-electron chi connectivity index (χ1n) is 8.56. The Hall–Kier alpha value is -3.45. The van der Waals surface area contributed by atoms with Crippen molar-refractivity contribution in [3.63, 3.8) is 0 Å². The van der Waals surface area contributed by atoms with E-state index < -0.39 is 29.6 Å². The number of hydrogen-bond donors (Lipinski definition) is 3. The lowest BCUT2D eigenvalue weighted by molar-refractivity contribution is -0.118. The first-order valence-corrected chi connectivity index (χ1v) is 8.94. The first-order chi connectivity index (χ1) is 13.9. The highest BCUT2D eigenvalue weighted by Gasteiger charge is 2.24. The van der Waals surface area contributed by atoms with E-state index in [1.807, 2.05) is 0 Å². The molecule has 29 heavy (non-hydrogen) atoms. The molecule has 3 amide bonds. The third kappa shape index (κ3) is 5.52. The Morgan fingerprint density at radius 3 is 2.34 bits per heavy atom. The van der Waals surface area contributed by atoms with E-state index in [1.165, 1.54) is 0 Å². The second-order valence-electron chi connectivity index (χ2n) is 6.07. The van der Waals surface area contributed by atoms with E-state index >= 15 is 0 Å². The summed E-state index contributed by atoms with van der Waals surface area (Å²) in [6, 6.07) is 15.8. The van der Waals surface area contributed by atoms with Crippen LogP contribution in [-0.2, 0) is 4.79 Å². The maximum Gasteiger partial charge on any atom is 0.320 e. The Kier molecular flexibility index (Phi) is 6.41. The maximum atomic E-state index is 13.9. The van der Waals surface area contributed by atoms with Gasteiger partial charge in [0.2, 0.25) is 0 Å². The number of hydrogen-bond acceptors (Lipinski definition) is 2. The van der Waals surface area contributed by atoms with Crippen LogP contribution in [0.4, 0.5) is 25.0 Å². The van der Waals surface area contributed by atoms with Gasteiger partial charge in [-0.3, -0.25) is 4.79 Å². The molecule has 5 nitrogen and oxygen atoms in total. The van der Waals surface area contributed by atoms with Gasteiger partial charge in [0.15, 0.2) is 0 Å². The van der Waals surface area contributed by atoms with Crippen molar-refractivity contribution in [2.24, 2.45) is 0 Å². The van der Waals surface area contributed by atoms with Crippen LogP contribution >= 0.6 is 11.6 Å². The van der Waals surface area contributed by atoms with Gasteiger partial charge in [-0.25, -0.2) is 13.6 Å². The molecule has 148 valence electrons. The van der Waals surface area contributed by atoms with E-state index in [1.54, 1.807) is 54.6 Å². The van der Waals surface area contributed by atoms with Crippen LogP contribution in [0.15, 0.2) is 72.8 Å². The molecule has 3 aromatic rings. The molecule has 0 aliphatic carbocycles. The topological polar surface area (TPSA) is 70.2 Å². The molecular formula is C21H16ClF2N3O2. The lowest BCUT2D eigenvalue weighted by Gasteiger charge is -2.19. The van der Waals surface area contributed by atoms with Gasteiger partial charge in [0.25, 0.3) is 5.91 Å². The molecule has 0 heterocycles. The predicted molar refractivity (Wildman–Crippen MR) is 108 cm³/mol. The second kappa shape index (κ2) is 9.16. The zero-order valence-electron chi connectivity index (χ0n) is 15.0. The number of rotatable bonds is 5. The van der Waals surface area contributed by atoms with Crippen LogP contribution in [0.2, 0.25) is 5.02 Å². The van der Waals surface area contributed by atoms with E-state index in [0.717, 1.165) is 18.2 Å². The zero-order valence-corrected chi connectivity index (χ0v) is 15.7. The van der Waals surface area contributed by atoms with Crippen LogP contribution in [0.5, 0.6) is 0 Å². The molecular weight excluding hydrogens is 400 g/mol. The molecule has 0 aromatic heterocycles. The number of carbonyl (C=O) groups excluding carboxylic acids is 2. The van der Waals surface area contributed by atoms with Gasteiger partial charge in [-0.15, -0.1) is 0 Å². The Balaban J connectivity index is 1.80. The minimum atomic E-state index is -1.15. The van der Waals surface area contributed by atoms with E-state index in [2.05, 4.69) is 16.0 Å². The standard InChI is InChI=1S/C21H16ClF2N3O2/c22-14-7-4-8-16(11-14)25-21(29)27-19(13-5-2-1-3-6-13)20(28)26-18-12-15(23)9-10-17(18)24/h1-12,19H,(H,26,28)(H2,25,27,29)/t19-/m1/s1. The number of amides is 3. The third-order valence-electron chi connectivity index (χ3n) is 3.94. The highest BCUT2D eigenvalue weighted by atomic mass is 35.5. The van der Waals surface area contributed by atoms with Crippen LogP contribution in [0.25, 0.3) is 0 Å².